The zero-order valence-electron chi connectivity index (χ0n) is 16.0. The van der Waals surface area contributed by atoms with Gasteiger partial charge in [-0.2, -0.15) is 4.31 Å². The van der Waals surface area contributed by atoms with Gasteiger partial charge in [0.05, 0.1) is 12.6 Å². The maximum atomic E-state index is 12.7. The molecule has 0 aromatic carbocycles. The summed E-state index contributed by atoms with van der Waals surface area (Å²) in [4.78, 5) is 6.43. The van der Waals surface area contributed by atoms with Crippen molar-refractivity contribution >= 4 is 10.0 Å². The lowest BCUT2D eigenvalue weighted by Gasteiger charge is -2.24. The molecule has 28 heavy (non-hydrogen) atoms. The van der Waals surface area contributed by atoms with Crippen molar-refractivity contribution in [2.75, 3.05) is 26.2 Å². The lowest BCUT2D eigenvalue weighted by molar-refractivity contribution is 0.0649. The number of rotatable bonds is 8. The highest BCUT2D eigenvalue weighted by Gasteiger charge is 2.30. The summed E-state index contributed by atoms with van der Waals surface area (Å²) in [7, 11) is -3.52. The molecule has 0 unspecified atom stereocenters. The molecule has 4 rings (SSSR count). The second kappa shape index (κ2) is 8.73. The van der Waals surface area contributed by atoms with Crippen molar-refractivity contribution in [2.24, 2.45) is 0 Å². The fraction of sp³-hybridized carbons (Fsp3) is 0.550. The van der Waals surface area contributed by atoms with Gasteiger partial charge < -0.3 is 9.15 Å². The van der Waals surface area contributed by atoms with E-state index in [-0.39, 0.29) is 11.2 Å². The first kappa shape index (κ1) is 19.6. The molecule has 0 N–H and O–H groups in total. The van der Waals surface area contributed by atoms with E-state index in [2.05, 4.69) is 9.88 Å². The molecule has 0 spiro atoms. The average molecular weight is 406 g/mol. The van der Waals surface area contributed by atoms with Gasteiger partial charge in [0.15, 0.2) is 0 Å². The van der Waals surface area contributed by atoms with Crippen LogP contribution in [0.15, 0.2) is 46.2 Å². The van der Waals surface area contributed by atoms with E-state index in [1.54, 1.807) is 18.3 Å². The van der Waals surface area contributed by atoms with Crippen LogP contribution in [-0.2, 0) is 27.8 Å². The smallest absolute Gasteiger partial charge is 0.276 e. The Labute approximate surface area is 166 Å². The number of hydrogen-bond donors (Lipinski definition) is 0. The monoisotopic (exact) mass is 405 g/mol. The van der Waals surface area contributed by atoms with Gasteiger partial charge in [-0.15, -0.1) is 0 Å². The number of nitrogens with zero attached hydrogens (tertiary/aromatic N) is 3. The highest BCUT2D eigenvalue weighted by Crippen LogP contribution is 2.24. The molecule has 1 atom stereocenters. The minimum atomic E-state index is -3.52. The average Bonchev–Trinajstić information content (AvgIpc) is 3.45. The van der Waals surface area contributed by atoms with Crippen molar-refractivity contribution in [3.05, 3.63) is 48.0 Å². The first-order valence-electron chi connectivity index (χ1n) is 9.93. The molecule has 2 fully saturated rings. The van der Waals surface area contributed by atoms with Crippen LogP contribution in [0.2, 0.25) is 0 Å². The van der Waals surface area contributed by atoms with Crippen LogP contribution in [0.25, 0.3) is 0 Å². The topological polar surface area (TPSA) is 75.9 Å². The van der Waals surface area contributed by atoms with Crippen LogP contribution in [0.3, 0.4) is 0 Å². The van der Waals surface area contributed by atoms with Crippen molar-refractivity contribution in [3.8, 4) is 0 Å². The quantitative estimate of drug-likeness (QED) is 0.672. The summed E-state index contributed by atoms with van der Waals surface area (Å²) in [6, 6.07) is 7.32. The Morgan fingerprint density at radius 3 is 2.71 bits per heavy atom. The number of furan rings is 1. The molecule has 0 radical (unpaired) electrons. The molecule has 2 aromatic heterocycles. The fourth-order valence-electron chi connectivity index (χ4n) is 3.87. The van der Waals surface area contributed by atoms with Crippen molar-refractivity contribution in [1.29, 1.82) is 0 Å². The summed E-state index contributed by atoms with van der Waals surface area (Å²) >= 11 is 0. The predicted octanol–water partition coefficient (Wildman–Crippen LogP) is 2.64. The molecule has 2 aliphatic heterocycles. The van der Waals surface area contributed by atoms with Crippen LogP contribution in [0, 0.1) is 0 Å². The third-order valence-electron chi connectivity index (χ3n) is 5.29. The molecule has 2 aromatic rings. The number of sulfonamides is 1. The normalized spacial score (nSPS) is 21.0. The third-order valence-corrected chi connectivity index (χ3v) is 7.06. The molecule has 0 aliphatic carbocycles. The Bertz CT molecular complexity index is 857. The molecular weight excluding hydrogens is 378 g/mol. The molecule has 7 nitrogen and oxygen atoms in total. The van der Waals surface area contributed by atoms with Gasteiger partial charge >= 0.3 is 0 Å². The van der Waals surface area contributed by atoms with Crippen LogP contribution in [-0.4, -0.2) is 55.0 Å². The summed E-state index contributed by atoms with van der Waals surface area (Å²) in [5.41, 5.74) is 1.11. The van der Waals surface area contributed by atoms with E-state index in [1.165, 1.54) is 4.31 Å². The molecule has 4 heterocycles. The summed E-state index contributed by atoms with van der Waals surface area (Å²) in [5, 5.41) is 0.0443. The summed E-state index contributed by atoms with van der Waals surface area (Å²) in [6.45, 7) is 3.98. The summed E-state index contributed by atoms with van der Waals surface area (Å²) in [6.07, 6.45) is 7.78. The Balaban J connectivity index is 1.47. The van der Waals surface area contributed by atoms with Crippen LogP contribution in [0.5, 0.6) is 0 Å². The van der Waals surface area contributed by atoms with Crippen LogP contribution in [0.4, 0.5) is 0 Å². The lowest BCUT2D eigenvalue weighted by Crippen LogP contribution is -2.31. The van der Waals surface area contributed by atoms with Crippen LogP contribution in [0.1, 0.15) is 37.0 Å². The Kier molecular flexibility index (Phi) is 6.10. The van der Waals surface area contributed by atoms with E-state index in [1.807, 2.05) is 18.3 Å². The van der Waals surface area contributed by atoms with Crippen molar-refractivity contribution in [1.82, 2.24) is 14.2 Å². The van der Waals surface area contributed by atoms with E-state index in [4.69, 9.17) is 9.15 Å². The summed E-state index contributed by atoms with van der Waals surface area (Å²) in [5.74, 6) is 0.652. The number of ether oxygens (including phenoxy) is 1. The first-order chi connectivity index (χ1) is 13.6. The second-order valence-electron chi connectivity index (χ2n) is 7.50. The number of pyridine rings is 1. The molecule has 2 aliphatic rings. The third kappa shape index (κ3) is 4.63. The minimum absolute atomic E-state index is 0.0443. The summed E-state index contributed by atoms with van der Waals surface area (Å²) < 4.78 is 38.5. The first-order valence-corrected chi connectivity index (χ1v) is 11.4. The molecule has 8 heteroatoms. The van der Waals surface area contributed by atoms with Gasteiger partial charge in [0.2, 0.25) is 5.09 Å². The fourth-order valence-corrected chi connectivity index (χ4v) is 5.31. The maximum absolute atomic E-state index is 12.7. The highest BCUT2D eigenvalue weighted by atomic mass is 32.2. The van der Waals surface area contributed by atoms with Gasteiger partial charge in [-0.25, -0.2) is 8.42 Å². The largest absolute Gasteiger partial charge is 0.447 e. The molecule has 0 amide bonds. The molecule has 0 bridgehead atoms. The van der Waals surface area contributed by atoms with Crippen molar-refractivity contribution < 1.29 is 17.6 Å². The SMILES string of the molecule is O=S(=O)(c1ccc(CN(Cc2cccnc2)C[C@@H]2CCCO2)o1)N1CCCC1. The van der Waals surface area contributed by atoms with Gasteiger partial charge in [-0.05, 0) is 49.4 Å². The number of aromatic nitrogens is 1. The minimum Gasteiger partial charge on any atom is -0.447 e. The van der Waals surface area contributed by atoms with E-state index >= 15 is 0 Å². The Morgan fingerprint density at radius 2 is 2.00 bits per heavy atom. The van der Waals surface area contributed by atoms with Gasteiger partial charge in [-0.3, -0.25) is 9.88 Å². The zero-order chi connectivity index (χ0) is 19.4. The van der Waals surface area contributed by atoms with E-state index in [0.717, 1.165) is 44.4 Å². The molecule has 2 saturated heterocycles. The second-order valence-corrected chi connectivity index (χ2v) is 9.37. The van der Waals surface area contributed by atoms with Crippen molar-refractivity contribution in [3.63, 3.8) is 0 Å². The van der Waals surface area contributed by atoms with E-state index < -0.39 is 10.0 Å². The van der Waals surface area contributed by atoms with Gasteiger partial charge in [0, 0.05) is 45.2 Å². The Hall–Kier alpha value is -1.74. The van der Waals surface area contributed by atoms with Crippen LogP contribution < -0.4 is 0 Å². The van der Waals surface area contributed by atoms with E-state index in [0.29, 0.717) is 31.9 Å². The lowest BCUT2D eigenvalue weighted by atomic mass is 10.2. The highest BCUT2D eigenvalue weighted by molar-refractivity contribution is 7.89. The van der Waals surface area contributed by atoms with Gasteiger partial charge in [0.25, 0.3) is 10.0 Å². The molecule has 152 valence electrons. The van der Waals surface area contributed by atoms with Gasteiger partial charge in [-0.1, -0.05) is 6.07 Å². The Morgan fingerprint density at radius 1 is 1.14 bits per heavy atom. The van der Waals surface area contributed by atoms with Crippen molar-refractivity contribution in [2.45, 2.75) is 50.0 Å². The number of hydrogen-bond acceptors (Lipinski definition) is 6. The predicted molar refractivity (Wildman–Crippen MR) is 104 cm³/mol. The molecular formula is C20H27N3O4S. The molecule has 0 saturated carbocycles. The zero-order valence-corrected chi connectivity index (χ0v) is 16.8. The maximum Gasteiger partial charge on any atom is 0.276 e. The van der Waals surface area contributed by atoms with Crippen LogP contribution >= 0.6 is 0 Å². The van der Waals surface area contributed by atoms with Gasteiger partial charge in [0.1, 0.15) is 5.76 Å². The van der Waals surface area contributed by atoms with E-state index in [9.17, 15) is 8.42 Å². The standard InChI is InChI=1S/C20H27N3O4S/c24-28(25,23-10-1-2-11-23)20-8-7-19(27-20)16-22(15-18-6-4-12-26-18)14-17-5-3-9-21-13-17/h3,5,7-9,13,18H,1-2,4,6,10-12,14-16H2/t18-/m0/s1.